The van der Waals surface area contributed by atoms with E-state index in [0.29, 0.717) is 0 Å². The zero-order chi connectivity index (χ0) is 12.4. The Morgan fingerprint density at radius 3 is 2.29 bits per heavy atom. The number of nitrogens with two attached hydrogens (primary N) is 1. The molecule has 0 radical (unpaired) electrons. The van der Waals surface area contributed by atoms with Gasteiger partial charge in [-0.15, -0.1) is 0 Å². The minimum Gasteiger partial charge on any atom is -0.397 e. The maximum atomic E-state index is 6.02. The number of aryl methyl sites for hydroxylation is 1. The first kappa shape index (κ1) is 11.8. The van der Waals surface area contributed by atoms with E-state index in [1.54, 1.807) is 0 Å². The van der Waals surface area contributed by atoms with Crippen LogP contribution in [0, 0.1) is 6.92 Å². The molecule has 3 heteroatoms. The third-order valence-corrected chi connectivity index (χ3v) is 3.07. The van der Waals surface area contributed by atoms with Gasteiger partial charge in [-0.05, 0) is 42.8 Å². The molecule has 0 fully saturated rings. The summed E-state index contributed by atoms with van der Waals surface area (Å²) in [4.78, 5) is 2.07. The number of hydrogen-bond donors (Lipinski definition) is 1. The fourth-order valence-corrected chi connectivity index (χ4v) is 2.06. The maximum Gasteiger partial charge on any atom is 0.0671 e. The van der Waals surface area contributed by atoms with E-state index in [2.05, 4.69) is 17.9 Å². The molecule has 0 heterocycles. The molecule has 0 bridgehead atoms. The van der Waals surface area contributed by atoms with E-state index in [4.69, 9.17) is 17.3 Å². The van der Waals surface area contributed by atoms with Gasteiger partial charge in [0.2, 0.25) is 0 Å². The van der Waals surface area contributed by atoms with Crippen LogP contribution in [-0.4, -0.2) is 7.05 Å². The van der Waals surface area contributed by atoms with E-state index in [1.807, 2.05) is 43.4 Å². The Hall–Kier alpha value is -1.67. The SMILES string of the molecule is Cc1cccc(N)c1N(C)c1ccc(Cl)cc1. The smallest absolute Gasteiger partial charge is 0.0671 e. The monoisotopic (exact) mass is 246 g/mol. The summed E-state index contributed by atoms with van der Waals surface area (Å²) in [5.41, 5.74) is 10.1. The van der Waals surface area contributed by atoms with Gasteiger partial charge >= 0.3 is 0 Å². The minimum absolute atomic E-state index is 0.736. The van der Waals surface area contributed by atoms with Gasteiger partial charge in [-0.25, -0.2) is 0 Å². The van der Waals surface area contributed by atoms with E-state index >= 15 is 0 Å². The van der Waals surface area contributed by atoms with Gasteiger partial charge < -0.3 is 10.6 Å². The molecular weight excluding hydrogens is 232 g/mol. The fourth-order valence-electron chi connectivity index (χ4n) is 1.93. The van der Waals surface area contributed by atoms with E-state index in [0.717, 1.165) is 27.6 Å². The van der Waals surface area contributed by atoms with Crippen molar-refractivity contribution in [3.05, 3.63) is 53.1 Å². The Kier molecular flexibility index (Phi) is 3.25. The highest BCUT2D eigenvalue weighted by atomic mass is 35.5. The van der Waals surface area contributed by atoms with Crippen molar-refractivity contribution in [3.63, 3.8) is 0 Å². The molecule has 17 heavy (non-hydrogen) atoms. The lowest BCUT2D eigenvalue weighted by Gasteiger charge is -2.23. The highest BCUT2D eigenvalue weighted by Crippen LogP contribution is 2.32. The van der Waals surface area contributed by atoms with Gasteiger partial charge in [-0.3, -0.25) is 0 Å². The lowest BCUT2D eigenvalue weighted by molar-refractivity contribution is 1.19. The molecule has 2 rings (SSSR count). The third-order valence-electron chi connectivity index (χ3n) is 2.82. The van der Waals surface area contributed by atoms with E-state index in [-0.39, 0.29) is 0 Å². The summed E-state index contributed by atoms with van der Waals surface area (Å²) in [5, 5.41) is 0.736. The first-order chi connectivity index (χ1) is 8.09. The number of anilines is 3. The zero-order valence-corrected chi connectivity index (χ0v) is 10.7. The normalized spacial score (nSPS) is 10.3. The zero-order valence-electron chi connectivity index (χ0n) is 9.94. The van der Waals surface area contributed by atoms with Gasteiger partial charge in [-0.1, -0.05) is 23.7 Å². The van der Waals surface area contributed by atoms with Gasteiger partial charge in [0, 0.05) is 17.8 Å². The Bertz CT molecular complexity index is 500. The second-order valence-corrected chi connectivity index (χ2v) is 4.48. The number of nitrogens with zero attached hydrogens (tertiary/aromatic N) is 1. The summed E-state index contributed by atoms with van der Waals surface area (Å²) < 4.78 is 0. The molecule has 0 aliphatic carbocycles. The molecular formula is C14H15ClN2. The lowest BCUT2D eigenvalue weighted by atomic mass is 10.1. The van der Waals surface area contributed by atoms with Gasteiger partial charge in [0.25, 0.3) is 0 Å². The van der Waals surface area contributed by atoms with E-state index in [9.17, 15) is 0 Å². The van der Waals surface area contributed by atoms with Crippen LogP contribution in [0.3, 0.4) is 0 Å². The Balaban J connectivity index is 2.43. The Morgan fingerprint density at radius 2 is 1.71 bits per heavy atom. The van der Waals surface area contributed by atoms with Gasteiger partial charge in [0.15, 0.2) is 0 Å². The highest BCUT2D eigenvalue weighted by molar-refractivity contribution is 6.30. The number of nitrogen functional groups attached to an aromatic ring is 1. The average Bonchev–Trinajstić information content (AvgIpc) is 2.29. The van der Waals surface area contributed by atoms with E-state index < -0.39 is 0 Å². The van der Waals surface area contributed by atoms with Crippen LogP contribution in [0.25, 0.3) is 0 Å². The summed E-state index contributed by atoms with van der Waals surface area (Å²) in [6.45, 7) is 2.05. The molecule has 0 aliphatic rings. The van der Waals surface area contributed by atoms with Crippen molar-refractivity contribution < 1.29 is 0 Å². The number of halogens is 1. The molecule has 0 spiro atoms. The summed E-state index contributed by atoms with van der Waals surface area (Å²) in [5.74, 6) is 0. The molecule has 0 saturated carbocycles. The second-order valence-electron chi connectivity index (χ2n) is 4.05. The van der Waals surface area contributed by atoms with Gasteiger partial charge in [-0.2, -0.15) is 0 Å². The summed E-state index contributed by atoms with van der Waals surface area (Å²) >= 11 is 5.88. The van der Waals surface area contributed by atoms with Crippen LogP contribution in [0.15, 0.2) is 42.5 Å². The molecule has 0 amide bonds. The molecule has 0 unspecified atom stereocenters. The Labute approximate surface area is 107 Å². The molecule has 2 N–H and O–H groups in total. The first-order valence-electron chi connectivity index (χ1n) is 5.44. The van der Waals surface area contributed by atoms with Crippen LogP contribution in [0.5, 0.6) is 0 Å². The Morgan fingerprint density at radius 1 is 1.06 bits per heavy atom. The van der Waals surface area contributed by atoms with Crippen LogP contribution in [0.2, 0.25) is 5.02 Å². The van der Waals surface area contributed by atoms with Gasteiger partial charge in [0.1, 0.15) is 0 Å². The van der Waals surface area contributed by atoms with Crippen molar-refractivity contribution >= 4 is 28.7 Å². The molecule has 0 atom stereocenters. The average molecular weight is 247 g/mol. The first-order valence-corrected chi connectivity index (χ1v) is 5.82. The predicted molar refractivity (Wildman–Crippen MR) is 75.1 cm³/mol. The summed E-state index contributed by atoms with van der Waals surface area (Å²) in [7, 11) is 2.00. The second kappa shape index (κ2) is 4.68. The fraction of sp³-hybridized carbons (Fsp3) is 0.143. The van der Waals surface area contributed by atoms with Crippen molar-refractivity contribution in [2.75, 3.05) is 17.7 Å². The number of hydrogen-bond acceptors (Lipinski definition) is 2. The quantitative estimate of drug-likeness (QED) is 0.812. The topological polar surface area (TPSA) is 29.3 Å². The summed E-state index contributed by atoms with van der Waals surface area (Å²) in [6.07, 6.45) is 0. The number of para-hydroxylation sites is 1. The molecule has 88 valence electrons. The molecule has 2 aromatic rings. The van der Waals surface area contributed by atoms with Crippen LogP contribution in [0.4, 0.5) is 17.1 Å². The van der Waals surface area contributed by atoms with Crippen LogP contribution < -0.4 is 10.6 Å². The molecule has 0 saturated heterocycles. The van der Waals surface area contributed by atoms with Crippen LogP contribution in [-0.2, 0) is 0 Å². The van der Waals surface area contributed by atoms with Crippen molar-refractivity contribution in [1.82, 2.24) is 0 Å². The van der Waals surface area contributed by atoms with Crippen molar-refractivity contribution in [3.8, 4) is 0 Å². The van der Waals surface area contributed by atoms with Crippen molar-refractivity contribution in [1.29, 1.82) is 0 Å². The van der Waals surface area contributed by atoms with Crippen LogP contribution in [0.1, 0.15) is 5.56 Å². The standard InChI is InChI=1S/C14H15ClN2/c1-10-4-3-5-13(16)14(10)17(2)12-8-6-11(15)7-9-12/h3-9H,16H2,1-2H3. The third kappa shape index (κ3) is 2.37. The highest BCUT2D eigenvalue weighted by Gasteiger charge is 2.09. The van der Waals surface area contributed by atoms with Crippen LogP contribution >= 0.6 is 11.6 Å². The maximum absolute atomic E-state index is 6.02. The van der Waals surface area contributed by atoms with Crippen molar-refractivity contribution in [2.45, 2.75) is 6.92 Å². The van der Waals surface area contributed by atoms with E-state index in [1.165, 1.54) is 0 Å². The van der Waals surface area contributed by atoms with Gasteiger partial charge in [0.05, 0.1) is 11.4 Å². The largest absolute Gasteiger partial charge is 0.397 e. The molecule has 2 nitrogen and oxygen atoms in total. The molecule has 2 aromatic carbocycles. The minimum atomic E-state index is 0.736. The number of rotatable bonds is 2. The molecule has 0 aliphatic heterocycles. The molecule has 0 aromatic heterocycles. The van der Waals surface area contributed by atoms with Crippen molar-refractivity contribution in [2.24, 2.45) is 0 Å². The summed E-state index contributed by atoms with van der Waals surface area (Å²) in [6, 6.07) is 13.6. The number of benzene rings is 2. The predicted octanol–water partition coefficient (Wildman–Crippen LogP) is 4.00. The lowest BCUT2D eigenvalue weighted by Crippen LogP contribution is -2.12.